The monoisotopic (exact) mass is 289 g/mol. The zero-order valence-electron chi connectivity index (χ0n) is 13.1. The predicted molar refractivity (Wildman–Crippen MR) is 83.1 cm³/mol. The van der Waals surface area contributed by atoms with Gasteiger partial charge < -0.3 is 5.11 Å². The second-order valence-electron chi connectivity index (χ2n) is 6.32. The molecule has 5 heteroatoms. The smallest absolute Gasteiger partial charge is 0.304 e. The molecule has 21 heavy (non-hydrogen) atoms. The second-order valence-corrected chi connectivity index (χ2v) is 6.32. The maximum absolute atomic E-state index is 10.9. The van der Waals surface area contributed by atoms with Crippen LogP contribution in [0.1, 0.15) is 32.9 Å². The topological polar surface area (TPSA) is 58.4 Å². The van der Waals surface area contributed by atoms with E-state index in [1.54, 1.807) is 0 Å². The number of rotatable bonds is 5. The van der Waals surface area contributed by atoms with Crippen molar-refractivity contribution in [3.8, 4) is 0 Å². The van der Waals surface area contributed by atoms with E-state index in [4.69, 9.17) is 5.11 Å². The van der Waals surface area contributed by atoms with Gasteiger partial charge in [-0.2, -0.15) is 5.10 Å². The van der Waals surface area contributed by atoms with Crippen LogP contribution in [0.5, 0.6) is 0 Å². The molecule has 114 valence electrons. The summed E-state index contributed by atoms with van der Waals surface area (Å²) in [4.78, 5) is 13.0. The molecule has 0 amide bonds. The van der Waals surface area contributed by atoms with E-state index in [0.717, 1.165) is 16.6 Å². The van der Waals surface area contributed by atoms with E-state index in [2.05, 4.69) is 36.8 Å². The third-order valence-electron chi connectivity index (χ3n) is 3.72. The number of hydrogen-bond acceptors (Lipinski definition) is 3. The van der Waals surface area contributed by atoms with Crippen molar-refractivity contribution in [2.75, 3.05) is 6.54 Å². The average molecular weight is 289 g/mol. The number of aryl methyl sites for hydroxylation is 1. The first-order valence-electron chi connectivity index (χ1n) is 7.16. The normalized spacial score (nSPS) is 12.2. The molecule has 0 spiro atoms. The van der Waals surface area contributed by atoms with Crippen molar-refractivity contribution in [2.24, 2.45) is 7.05 Å². The first kappa shape index (κ1) is 15.5. The standard InChI is InChI=1S/C16H23N3O2/c1-16(2,3)19(10-9-15(20)21)11-13-12-7-5-6-8-14(12)18(4)17-13/h5-8H,9-11H2,1-4H3,(H,20,21). The number of aliphatic carboxylic acids is 1. The van der Waals surface area contributed by atoms with Gasteiger partial charge in [0.1, 0.15) is 0 Å². The Morgan fingerprint density at radius 2 is 2.00 bits per heavy atom. The van der Waals surface area contributed by atoms with Crippen molar-refractivity contribution in [1.82, 2.24) is 14.7 Å². The highest BCUT2D eigenvalue weighted by molar-refractivity contribution is 5.81. The third-order valence-corrected chi connectivity index (χ3v) is 3.72. The number of nitrogens with zero attached hydrogens (tertiary/aromatic N) is 3. The minimum atomic E-state index is -0.768. The number of hydrogen-bond donors (Lipinski definition) is 1. The first-order valence-corrected chi connectivity index (χ1v) is 7.16. The summed E-state index contributed by atoms with van der Waals surface area (Å²) in [6, 6.07) is 8.12. The Morgan fingerprint density at radius 3 is 2.62 bits per heavy atom. The quantitative estimate of drug-likeness (QED) is 0.919. The molecule has 0 atom stereocenters. The lowest BCUT2D eigenvalue weighted by Crippen LogP contribution is -2.42. The van der Waals surface area contributed by atoms with E-state index in [-0.39, 0.29) is 12.0 Å². The van der Waals surface area contributed by atoms with Gasteiger partial charge in [-0.25, -0.2) is 0 Å². The SMILES string of the molecule is Cn1nc(CN(CCC(=O)O)C(C)(C)C)c2ccccc21. The molecule has 0 fully saturated rings. The van der Waals surface area contributed by atoms with Crippen LogP contribution in [0, 0.1) is 0 Å². The fourth-order valence-corrected chi connectivity index (χ4v) is 2.47. The molecule has 0 aliphatic heterocycles. The Kier molecular flexibility index (Phi) is 4.32. The molecule has 0 bridgehead atoms. The molecule has 1 heterocycles. The number of benzene rings is 1. The van der Waals surface area contributed by atoms with Crippen LogP contribution in [-0.2, 0) is 18.4 Å². The maximum atomic E-state index is 10.9. The summed E-state index contributed by atoms with van der Waals surface area (Å²) in [7, 11) is 1.94. The molecule has 0 saturated heterocycles. The highest BCUT2D eigenvalue weighted by Crippen LogP contribution is 2.22. The number of carbonyl (C=O) groups is 1. The van der Waals surface area contributed by atoms with Crippen LogP contribution in [0.4, 0.5) is 0 Å². The lowest BCUT2D eigenvalue weighted by molar-refractivity contribution is -0.137. The van der Waals surface area contributed by atoms with Crippen LogP contribution < -0.4 is 0 Å². The number of fused-ring (bicyclic) bond motifs is 1. The van der Waals surface area contributed by atoms with Crippen LogP contribution >= 0.6 is 0 Å². The minimum absolute atomic E-state index is 0.103. The second kappa shape index (κ2) is 5.85. The molecule has 1 N–H and O–H groups in total. The van der Waals surface area contributed by atoms with E-state index < -0.39 is 5.97 Å². The van der Waals surface area contributed by atoms with E-state index >= 15 is 0 Å². The third kappa shape index (κ3) is 3.61. The van der Waals surface area contributed by atoms with Gasteiger partial charge in [0.2, 0.25) is 0 Å². The summed E-state index contributed by atoms with van der Waals surface area (Å²) in [5.74, 6) is -0.768. The molecule has 1 aromatic heterocycles. The number of carboxylic acid groups (broad SMARTS) is 1. The molecule has 0 aliphatic rings. The Labute approximate surface area is 125 Å². The highest BCUT2D eigenvalue weighted by atomic mass is 16.4. The van der Waals surface area contributed by atoms with Gasteiger partial charge in [-0.3, -0.25) is 14.4 Å². The van der Waals surface area contributed by atoms with Gasteiger partial charge in [-0.15, -0.1) is 0 Å². The van der Waals surface area contributed by atoms with Gasteiger partial charge in [0.25, 0.3) is 0 Å². The van der Waals surface area contributed by atoms with Gasteiger partial charge in [-0.05, 0) is 26.8 Å². The molecule has 2 aromatic rings. The van der Waals surface area contributed by atoms with Crippen LogP contribution in [-0.4, -0.2) is 37.8 Å². The fourth-order valence-electron chi connectivity index (χ4n) is 2.47. The molecular formula is C16H23N3O2. The summed E-state index contributed by atoms with van der Waals surface area (Å²) in [5.41, 5.74) is 1.99. The molecule has 0 saturated carbocycles. The van der Waals surface area contributed by atoms with Crippen LogP contribution in [0.2, 0.25) is 0 Å². The number of para-hydroxylation sites is 1. The number of aromatic nitrogens is 2. The highest BCUT2D eigenvalue weighted by Gasteiger charge is 2.24. The summed E-state index contributed by atoms with van der Waals surface area (Å²) >= 11 is 0. The fraction of sp³-hybridized carbons (Fsp3) is 0.500. The summed E-state index contributed by atoms with van der Waals surface area (Å²) in [6.45, 7) is 7.46. The van der Waals surface area contributed by atoms with Crippen LogP contribution in [0.15, 0.2) is 24.3 Å². The molecule has 0 unspecified atom stereocenters. The minimum Gasteiger partial charge on any atom is -0.481 e. The lowest BCUT2D eigenvalue weighted by Gasteiger charge is -2.34. The van der Waals surface area contributed by atoms with Crippen molar-refractivity contribution < 1.29 is 9.90 Å². The first-order chi connectivity index (χ1) is 9.79. The van der Waals surface area contributed by atoms with Gasteiger partial charge in [-0.1, -0.05) is 18.2 Å². The van der Waals surface area contributed by atoms with Crippen LogP contribution in [0.3, 0.4) is 0 Å². The Bertz CT molecular complexity index is 640. The van der Waals surface area contributed by atoms with E-state index in [1.807, 2.05) is 29.9 Å². The van der Waals surface area contributed by atoms with Gasteiger partial charge >= 0.3 is 5.97 Å². The Hall–Kier alpha value is -1.88. The molecular weight excluding hydrogens is 266 g/mol. The van der Waals surface area contributed by atoms with Crippen molar-refractivity contribution >= 4 is 16.9 Å². The summed E-state index contributed by atoms with van der Waals surface area (Å²) < 4.78 is 1.88. The van der Waals surface area contributed by atoms with Crippen molar-refractivity contribution in [3.05, 3.63) is 30.0 Å². The predicted octanol–water partition coefficient (Wildman–Crippen LogP) is 2.65. The molecule has 5 nitrogen and oxygen atoms in total. The van der Waals surface area contributed by atoms with E-state index in [1.165, 1.54) is 0 Å². The lowest BCUT2D eigenvalue weighted by atomic mass is 10.0. The zero-order chi connectivity index (χ0) is 15.6. The van der Waals surface area contributed by atoms with E-state index in [9.17, 15) is 4.79 Å². The molecule has 2 rings (SSSR count). The van der Waals surface area contributed by atoms with Gasteiger partial charge in [0.15, 0.2) is 0 Å². The van der Waals surface area contributed by atoms with Crippen molar-refractivity contribution in [2.45, 2.75) is 39.3 Å². The summed E-state index contributed by atoms with van der Waals surface area (Å²) in [5, 5.41) is 14.7. The van der Waals surface area contributed by atoms with Gasteiger partial charge in [0.05, 0.1) is 17.6 Å². The zero-order valence-corrected chi connectivity index (χ0v) is 13.1. The summed E-state index contributed by atoms with van der Waals surface area (Å²) in [6.07, 6.45) is 0.141. The molecule has 1 aromatic carbocycles. The van der Waals surface area contributed by atoms with E-state index in [0.29, 0.717) is 13.1 Å². The maximum Gasteiger partial charge on any atom is 0.304 e. The Balaban J connectivity index is 2.28. The Morgan fingerprint density at radius 1 is 1.33 bits per heavy atom. The van der Waals surface area contributed by atoms with Crippen molar-refractivity contribution in [1.29, 1.82) is 0 Å². The van der Waals surface area contributed by atoms with Crippen molar-refractivity contribution in [3.63, 3.8) is 0 Å². The molecule has 0 radical (unpaired) electrons. The largest absolute Gasteiger partial charge is 0.481 e. The van der Waals surface area contributed by atoms with Gasteiger partial charge in [0, 0.05) is 31.1 Å². The molecule has 0 aliphatic carbocycles. The average Bonchev–Trinajstić information content (AvgIpc) is 2.70. The van der Waals surface area contributed by atoms with Crippen LogP contribution in [0.25, 0.3) is 10.9 Å². The number of carboxylic acids is 1.